The highest BCUT2D eigenvalue weighted by atomic mass is 16.3. The lowest BCUT2D eigenvalue weighted by molar-refractivity contribution is -0.123. The van der Waals surface area contributed by atoms with Crippen LogP contribution in [0.5, 0.6) is 0 Å². The predicted octanol–water partition coefficient (Wildman–Crippen LogP) is 2.14. The molecule has 0 spiro atoms. The molecule has 2 unspecified atom stereocenters. The van der Waals surface area contributed by atoms with Crippen LogP contribution in [0.25, 0.3) is 0 Å². The van der Waals surface area contributed by atoms with Crippen LogP contribution in [-0.4, -0.2) is 22.9 Å². The third kappa shape index (κ3) is 1.96. The fourth-order valence-corrected chi connectivity index (χ4v) is 2.71. The molecular weight excluding hydrogens is 266 g/mol. The summed E-state index contributed by atoms with van der Waals surface area (Å²) in [5.74, 6) is -0.814. The molecule has 0 fully saturated rings. The average molecular weight is 281 g/mol. The SMILES string of the molecule is CC1(C(O)C(=O)c2ccccc2)C(=O)Nc2ccccc21. The van der Waals surface area contributed by atoms with Crippen molar-refractivity contribution >= 4 is 17.4 Å². The summed E-state index contributed by atoms with van der Waals surface area (Å²) in [6.45, 7) is 1.60. The van der Waals surface area contributed by atoms with E-state index in [0.29, 0.717) is 16.8 Å². The van der Waals surface area contributed by atoms with Gasteiger partial charge < -0.3 is 10.4 Å². The molecule has 1 aliphatic heterocycles. The van der Waals surface area contributed by atoms with E-state index < -0.39 is 17.3 Å². The van der Waals surface area contributed by atoms with Crippen LogP contribution in [-0.2, 0) is 10.2 Å². The zero-order valence-electron chi connectivity index (χ0n) is 11.5. The zero-order valence-corrected chi connectivity index (χ0v) is 11.5. The maximum Gasteiger partial charge on any atom is 0.237 e. The Labute approximate surface area is 122 Å². The second kappa shape index (κ2) is 4.82. The number of aliphatic hydroxyl groups excluding tert-OH is 1. The maximum atomic E-state index is 12.5. The number of aliphatic hydroxyl groups is 1. The predicted molar refractivity (Wildman–Crippen MR) is 79.2 cm³/mol. The normalized spacial score (nSPS) is 21.5. The molecule has 106 valence electrons. The minimum Gasteiger partial charge on any atom is -0.383 e. The first-order valence-electron chi connectivity index (χ1n) is 6.73. The summed E-state index contributed by atoms with van der Waals surface area (Å²) in [4.78, 5) is 24.8. The third-order valence-corrected chi connectivity index (χ3v) is 4.06. The number of anilines is 1. The van der Waals surface area contributed by atoms with E-state index in [1.807, 2.05) is 0 Å². The quantitative estimate of drug-likeness (QED) is 0.847. The van der Waals surface area contributed by atoms with Crippen molar-refractivity contribution in [1.82, 2.24) is 0 Å². The summed E-state index contributed by atoms with van der Waals surface area (Å²) in [7, 11) is 0. The lowest BCUT2D eigenvalue weighted by Crippen LogP contribution is -2.47. The van der Waals surface area contributed by atoms with Gasteiger partial charge in [0.2, 0.25) is 5.91 Å². The third-order valence-electron chi connectivity index (χ3n) is 4.06. The topological polar surface area (TPSA) is 66.4 Å². The number of Topliss-reactive ketones (excluding diaryl/α,β-unsaturated/α-hetero) is 1. The van der Waals surface area contributed by atoms with Crippen LogP contribution in [0.1, 0.15) is 22.8 Å². The Balaban J connectivity index is 2.03. The number of carbonyl (C=O) groups is 2. The van der Waals surface area contributed by atoms with Gasteiger partial charge in [0.15, 0.2) is 5.78 Å². The summed E-state index contributed by atoms with van der Waals surface area (Å²) in [5, 5.41) is 13.3. The first-order chi connectivity index (χ1) is 10.0. The summed E-state index contributed by atoms with van der Waals surface area (Å²) in [6.07, 6.45) is -1.43. The second-order valence-corrected chi connectivity index (χ2v) is 5.33. The maximum absolute atomic E-state index is 12.5. The molecule has 1 amide bonds. The van der Waals surface area contributed by atoms with Crippen LogP contribution >= 0.6 is 0 Å². The number of hydrogen-bond acceptors (Lipinski definition) is 3. The van der Waals surface area contributed by atoms with Crippen LogP contribution in [0.3, 0.4) is 0 Å². The zero-order chi connectivity index (χ0) is 15.0. The smallest absolute Gasteiger partial charge is 0.237 e. The van der Waals surface area contributed by atoms with Gasteiger partial charge in [-0.1, -0.05) is 48.5 Å². The molecule has 0 bridgehead atoms. The minimum atomic E-state index is -1.43. The Morgan fingerprint density at radius 3 is 2.43 bits per heavy atom. The molecule has 0 saturated heterocycles. The molecule has 0 saturated carbocycles. The standard InChI is InChI=1S/C17H15NO3/c1-17(12-9-5-6-10-13(12)18-16(17)21)15(20)14(19)11-7-3-2-4-8-11/h2-10,15,20H,1H3,(H,18,21). The number of fused-ring (bicyclic) bond motifs is 1. The number of amides is 1. The summed E-state index contributed by atoms with van der Waals surface area (Å²) in [6, 6.07) is 15.6. The highest BCUT2D eigenvalue weighted by Crippen LogP contribution is 2.40. The van der Waals surface area contributed by atoms with Crippen LogP contribution in [0.4, 0.5) is 5.69 Å². The van der Waals surface area contributed by atoms with Crippen LogP contribution in [0.2, 0.25) is 0 Å². The highest BCUT2D eigenvalue weighted by Gasteiger charge is 2.50. The van der Waals surface area contributed by atoms with Gasteiger partial charge in [-0.3, -0.25) is 9.59 Å². The number of nitrogens with one attached hydrogen (secondary N) is 1. The van der Waals surface area contributed by atoms with Crippen molar-refractivity contribution in [3.05, 3.63) is 65.7 Å². The lowest BCUT2D eigenvalue weighted by atomic mass is 9.76. The molecule has 1 aliphatic rings. The summed E-state index contributed by atoms with van der Waals surface area (Å²) < 4.78 is 0. The molecule has 4 nitrogen and oxygen atoms in total. The molecule has 2 aromatic rings. The van der Waals surface area contributed by atoms with E-state index in [0.717, 1.165) is 0 Å². The Morgan fingerprint density at radius 2 is 1.71 bits per heavy atom. The van der Waals surface area contributed by atoms with Gasteiger partial charge in [0.1, 0.15) is 11.5 Å². The number of benzene rings is 2. The van der Waals surface area contributed by atoms with Crippen LogP contribution in [0.15, 0.2) is 54.6 Å². The van der Waals surface area contributed by atoms with Gasteiger partial charge in [-0.25, -0.2) is 0 Å². The van der Waals surface area contributed by atoms with Gasteiger partial charge in [-0.05, 0) is 18.6 Å². The minimum absolute atomic E-state index is 0.361. The van der Waals surface area contributed by atoms with Crippen molar-refractivity contribution in [3.63, 3.8) is 0 Å². The van der Waals surface area contributed by atoms with Crippen molar-refractivity contribution < 1.29 is 14.7 Å². The molecule has 2 atom stereocenters. The Kier molecular flexibility index (Phi) is 3.11. The highest BCUT2D eigenvalue weighted by molar-refractivity contribution is 6.12. The molecule has 2 N–H and O–H groups in total. The average Bonchev–Trinajstić information content (AvgIpc) is 2.79. The summed E-state index contributed by atoms with van der Waals surface area (Å²) in [5.41, 5.74) is 0.406. The Morgan fingerprint density at radius 1 is 1.10 bits per heavy atom. The van der Waals surface area contributed by atoms with Gasteiger partial charge in [0, 0.05) is 11.3 Å². The van der Waals surface area contributed by atoms with Crippen LogP contribution < -0.4 is 5.32 Å². The Hall–Kier alpha value is -2.46. The van der Waals surface area contributed by atoms with Crippen molar-refractivity contribution in [3.8, 4) is 0 Å². The van der Waals surface area contributed by atoms with Gasteiger partial charge in [0.25, 0.3) is 0 Å². The van der Waals surface area contributed by atoms with E-state index in [4.69, 9.17) is 0 Å². The first-order valence-corrected chi connectivity index (χ1v) is 6.73. The van der Waals surface area contributed by atoms with Gasteiger partial charge in [-0.2, -0.15) is 0 Å². The van der Waals surface area contributed by atoms with Gasteiger partial charge in [0.05, 0.1) is 0 Å². The fourth-order valence-electron chi connectivity index (χ4n) is 2.71. The fraction of sp³-hybridized carbons (Fsp3) is 0.176. The largest absolute Gasteiger partial charge is 0.383 e. The van der Waals surface area contributed by atoms with Crippen molar-refractivity contribution in [2.45, 2.75) is 18.4 Å². The summed E-state index contributed by atoms with van der Waals surface area (Å²) >= 11 is 0. The number of ketones is 1. The van der Waals surface area contributed by atoms with E-state index in [2.05, 4.69) is 5.32 Å². The number of hydrogen-bond donors (Lipinski definition) is 2. The van der Waals surface area contributed by atoms with Crippen molar-refractivity contribution in [2.24, 2.45) is 0 Å². The number of para-hydroxylation sites is 1. The molecule has 1 heterocycles. The van der Waals surface area contributed by atoms with Gasteiger partial charge in [-0.15, -0.1) is 0 Å². The van der Waals surface area contributed by atoms with E-state index in [1.165, 1.54) is 0 Å². The molecule has 2 aromatic carbocycles. The monoisotopic (exact) mass is 281 g/mol. The number of rotatable bonds is 3. The Bertz CT molecular complexity index is 711. The van der Waals surface area contributed by atoms with Crippen molar-refractivity contribution in [2.75, 3.05) is 5.32 Å². The molecule has 4 heteroatoms. The van der Waals surface area contributed by atoms with Gasteiger partial charge >= 0.3 is 0 Å². The van der Waals surface area contributed by atoms with E-state index in [1.54, 1.807) is 61.5 Å². The lowest BCUT2D eigenvalue weighted by Gasteiger charge is -2.27. The molecular formula is C17H15NO3. The number of carbonyl (C=O) groups excluding carboxylic acids is 2. The van der Waals surface area contributed by atoms with Crippen molar-refractivity contribution in [1.29, 1.82) is 0 Å². The second-order valence-electron chi connectivity index (χ2n) is 5.33. The molecule has 0 aromatic heterocycles. The molecule has 0 aliphatic carbocycles. The molecule has 0 radical (unpaired) electrons. The van der Waals surface area contributed by atoms with E-state index in [9.17, 15) is 14.7 Å². The van der Waals surface area contributed by atoms with Crippen LogP contribution in [0, 0.1) is 0 Å². The first kappa shape index (κ1) is 13.5. The van der Waals surface area contributed by atoms with E-state index >= 15 is 0 Å². The molecule has 21 heavy (non-hydrogen) atoms. The van der Waals surface area contributed by atoms with E-state index in [-0.39, 0.29) is 5.91 Å². The molecule has 3 rings (SSSR count).